The number of hydrogen-bond donors (Lipinski definition) is 2. The number of anilines is 1. The van der Waals surface area contributed by atoms with Crippen molar-refractivity contribution >= 4 is 34.8 Å². The predicted molar refractivity (Wildman–Crippen MR) is 87.9 cm³/mol. The van der Waals surface area contributed by atoms with Gasteiger partial charge in [-0.15, -0.1) is 0 Å². The van der Waals surface area contributed by atoms with Crippen LogP contribution in [0.5, 0.6) is 11.5 Å². The summed E-state index contributed by atoms with van der Waals surface area (Å²) >= 11 is 11.8. The molecule has 116 valence electrons. The number of para-hydroxylation sites is 2. The van der Waals surface area contributed by atoms with Gasteiger partial charge in [0, 0.05) is 11.4 Å². The standard InChI is InChI=1S/C16H15Cl2NO3/c17-11-7-8-15(12(18)10-11)22-9-3-6-16(21)19-13-4-1-2-5-14(13)20/h1-2,4-5,7-8,10,20H,3,6,9H2,(H,19,21). The minimum atomic E-state index is -0.188. The van der Waals surface area contributed by atoms with Crippen LogP contribution < -0.4 is 10.1 Å². The number of phenolic OH excluding ortho intramolecular Hbond substituents is 1. The van der Waals surface area contributed by atoms with E-state index in [0.29, 0.717) is 34.5 Å². The maximum absolute atomic E-state index is 11.8. The third-order valence-corrected chi connectivity index (χ3v) is 3.41. The second-order valence-corrected chi connectivity index (χ2v) is 5.44. The number of halogens is 2. The number of amides is 1. The number of carbonyl (C=O) groups excluding carboxylic acids is 1. The smallest absolute Gasteiger partial charge is 0.224 e. The molecule has 0 saturated heterocycles. The Kier molecular flexibility index (Phi) is 5.92. The van der Waals surface area contributed by atoms with Crippen LogP contribution in [-0.2, 0) is 4.79 Å². The summed E-state index contributed by atoms with van der Waals surface area (Å²) in [5.41, 5.74) is 0.397. The molecule has 2 rings (SSSR count). The van der Waals surface area contributed by atoms with E-state index in [-0.39, 0.29) is 18.1 Å². The Labute approximate surface area is 138 Å². The third kappa shape index (κ3) is 4.83. The van der Waals surface area contributed by atoms with Crippen LogP contribution in [0, 0.1) is 0 Å². The van der Waals surface area contributed by atoms with Crippen LogP contribution in [-0.4, -0.2) is 17.6 Å². The van der Waals surface area contributed by atoms with Gasteiger partial charge in [0.15, 0.2) is 0 Å². The summed E-state index contributed by atoms with van der Waals surface area (Å²) in [4.78, 5) is 11.8. The highest BCUT2D eigenvalue weighted by atomic mass is 35.5. The fourth-order valence-corrected chi connectivity index (χ4v) is 2.26. The number of phenols is 1. The lowest BCUT2D eigenvalue weighted by atomic mass is 10.2. The van der Waals surface area contributed by atoms with Gasteiger partial charge >= 0.3 is 0 Å². The van der Waals surface area contributed by atoms with Gasteiger partial charge in [-0.1, -0.05) is 35.3 Å². The van der Waals surface area contributed by atoms with E-state index in [4.69, 9.17) is 27.9 Å². The zero-order valence-corrected chi connectivity index (χ0v) is 13.2. The van der Waals surface area contributed by atoms with Crippen molar-refractivity contribution in [3.63, 3.8) is 0 Å². The predicted octanol–water partition coefficient (Wildman–Crippen LogP) is 4.50. The molecule has 0 radical (unpaired) electrons. The number of aromatic hydroxyl groups is 1. The maximum atomic E-state index is 11.8. The zero-order valence-electron chi connectivity index (χ0n) is 11.7. The molecule has 0 unspecified atom stereocenters. The quantitative estimate of drug-likeness (QED) is 0.601. The molecule has 0 aliphatic heterocycles. The number of nitrogens with one attached hydrogen (secondary N) is 1. The summed E-state index contributed by atoms with van der Waals surface area (Å²) in [6.07, 6.45) is 0.803. The summed E-state index contributed by atoms with van der Waals surface area (Å²) < 4.78 is 5.50. The third-order valence-electron chi connectivity index (χ3n) is 2.88. The van der Waals surface area contributed by atoms with Crippen LogP contribution >= 0.6 is 23.2 Å². The lowest BCUT2D eigenvalue weighted by Gasteiger charge is -2.09. The first-order valence-corrected chi connectivity index (χ1v) is 7.47. The largest absolute Gasteiger partial charge is 0.506 e. The zero-order chi connectivity index (χ0) is 15.9. The minimum Gasteiger partial charge on any atom is -0.506 e. The molecule has 0 saturated carbocycles. The highest BCUT2D eigenvalue weighted by Gasteiger charge is 2.06. The highest BCUT2D eigenvalue weighted by Crippen LogP contribution is 2.27. The van der Waals surface area contributed by atoms with Crippen LogP contribution in [0.15, 0.2) is 42.5 Å². The van der Waals surface area contributed by atoms with Crippen molar-refractivity contribution in [3.8, 4) is 11.5 Å². The molecule has 0 fully saturated rings. The van der Waals surface area contributed by atoms with Crippen LogP contribution in [0.3, 0.4) is 0 Å². The summed E-state index contributed by atoms with van der Waals surface area (Å²) in [6, 6.07) is 11.6. The molecule has 4 nitrogen and oxygen atoms in total. The maximum Gasteiger partial charge on any atom is 0.224 e. The van der Waals surface area contributed by atoms with Crippen molar-refractivity contribution in [1.82, 2.24) is 0 Å². The topological polar surface area (TPSA) is 58.6 Å². The molecule has 0 bridgehead atoms. The molecule has 1 amide bonds. The number of hydrogen-bond acceptors (Lipinski definition) is 3. The molecule has 0 aromatic heterocycles. The molecule has 0 aliphatic carbocycles. The number of benzene rings is 2. The molecule has 2 aromatic carbocycles. The Morgan fingerprint density at radius 3 is 2.68 bits per heavy atom. The SMILES string of the molecule is O=C(CCCOc1ccc(Cl)cc1Cl)Nc1ccccc1O. The van der Waals surface area contributed by atoms with Gasteiger partial charge in [-0.05, 0) is 36.8 Å². The number of ether oxygens (including phenoxy) is 1. The average Bonchev–Trinajstić information content (AvgIpc) is 2.48. The van der Waals surface area contributed by atoms with E-state index < -0.39 is 0 Å². The van der Waals surface area contributed by atoms with E-state index in [1.165, 1.54) is 6.07 Å². The van der Waals surface area contributed by atoms with Gasteiger partial charge in [-0.2, -0.15) is 0 Å². The van der Waals surface area contributed by atoms with Crippen molar-refractivity contribution in [1.29, 1.82) is 0 Å². The Bertz CT molecular complexity index is 662. The number of carbonyl (C=O) groups is 1. The monoisotopic (exact) mass is 339 g/mol. The first-order chi connectivity index (χ1) is 10.6. The molecule has 0 spiro atoms. The van der Waals surface area contributed by atoms with E-state index in [9.17, 15) is 9.90 Å². The van der Waals surface area contributed by atoms with Crippen molar-refractivity contribution in [2.45, 2.75) is 12.8 Å². The van der Waals surface area contributed by atoms with Gasteiger partial charge in [0.1, 0.15) is 11.5 Å². The summed E-state index contributed by atoms with van der Waals surface area (Å²) in [5.74, 6) is 0.388. The first kappa shape index (κ1) is 16.5. The van der Waals surface area contributed by atoms with Crippen molar-refractivity contribution in [2.24, 2.45) is 0 Å². The van der Waals surface area contributed by atoms with E-state index in [2.05, 4.69) is 5.32 Å². The molecule has 2 N–H and O–H groups in total. The van der Waals surface area contributed by atoms with Gasteiger partial charge in [0.2, 0.25) is 5.91 Å². The second kappa shape index (κ2) is 7.92. The summed E-state index contributed by atoms with van der Waals surface area (Å²) in [6.45, 7) is 0.357. The van der Waals surface area contributed by atoms with Gasteiger partial charge in [0.05, 0.1) is 17.3 Å². The Balaban J connectivity index is 1.74. The summed E-state index contributed by atoms with van der Waals surface area (Å²) in [7, 11) is 0. The second-order valence-electron chi connectivity index (χ2n) is 4.59. The fourth-order valence-electron chi connectivity index (χ4n) is 1.80. The normalized spacial score (nSPS) is 10.3. The Hall–Kier alpha value is -1.91. The molecule has 0 heterocycles. The van der Waals surface area contributed by atoms with Gasteiger partial charge in [0.25, 0.3) is 0 Å². The van der Waals surface area contributed by atoms with Crippen molar-refractivity contribution < 1.29 is 14.6 Å². The molecule has 6 heteroatoms. The lowest BCUT2D eigenvalue weighted by molar-refractivity contribution is -0.116. The molecule has 0 atom stereocenters. The lowest BCUT2D eigenvalue weighted by Crippen LogP contribution is -2.12. The van der Waals surface area contributed by atoms with Gasteiger partial charge in [-0.3, -0.25) is 4.79 Å². The molecule has 22 heavy (non-hydrogen) atoms. The van der Waals surface area contributed by atoms with E-state index in [0.717, 1.165) is 0 Å². The number of rotatable bonds is 6. The van der Waals surface area contributed by atoms with Crippen LogP contribution in [0.2, 0.25) is 10.0 Å². The summed E-state index contributed by atoms with van der Waals surface area (Å²) in [5, 5.41) is 13.2. The van der Waals surface area contributed by atoms with Gasteiger partial charge < -0.3 is 15.2 Å². The molecule has 2 aromatic rings. The van der Waals surface area contributed by atoms with Crippen LogP contribution in [0.1, 0.15) is 12.8 Å². The van der Waals surface area contributed by atoms with Crippen LogP contribution in [0.25, 0.3) is 0 Å². The van der Waals surface area contributed by atoms with Crippen LogP contribution in [0.4, 0.5) is 5.69 Å². The Morgan fingerprint density at radius 2 is 1.95 bits per heavy atom. The van der Waals surface area contributed by atoms with Gasteiger partial charge in [-0.25, -0.2) is 0 Å². The molecular weight excluding hydrogens is 325 g/mol. The first-order valence-electron chi connectivity index (χ1n) is 6.72. The molecule has 0 aliphatic rings. The van der Waals surface area contributed by atoms with E-state index >= 15 is 0 Å². The van der Waals surface area contributed by atoms with E-state index in [1.807, 2.05) is 0 Å². The molecular formula is C16H15Cl2NO3. The average molecular weight is 340 g/mol. The minimum absolute atomic E-state index is 0.0417. The Morgan fingerprint density at radius 1 is 1.18 bits per heavy atom. The fraction of sp³-hybridized carbons (Fsp3) is 0.188. The van der Waals surface area contributed by atoms with Crippen molar-refractivity contribution in [3.05, 3.63) is 52.5 Å². The van der Waals surface area contributed by atoms with E-state index in [1.54, 1.807) is 36.4 Å². The van der Waals surface area contributed by atoms with Crippen molar-refractivity contribution in [2.75, 3.05) is 11.9 Å². The highest BCUT2D eigenvalue weighted by molar-refractivity contribution is 6.35.